The van der Waals surface area contributed by atoms with Crippen molar-refractivity contribution in [3.8, 4) is 0 Å². The van der Waals surface area contributed by atoms with E-state index >= 15 is 0 Å². The SMILES string of the molecule is CN=C1NC(=O)C(C)(c2ccc(Br)cc2)N1. The van der Waals surface area contributed by atoms with Gasteiger partial charge in [0.2, 0.25) is 0 Å². The van der Waals surface area contributed by atoms with E-state index in [4.69, 9.17) is 0 Å². The molecule has 0 aliphatic carbocycles. The summed E-state index contributed by atoms with van der Waals surface area (Å²) >= 11 is 3.37. The highest BCUT2D eigenvalue weighted by molar-refractivity contribution is 9.10. The zero-order valence-electron chi connectivity index (χ0n) is 9.04. The fourth-order valence-corrected chi connectivity index (χ4v) is 1.92. The molecule has 1 unspecified atom stereocenters. The number of hydrogen-bond donors (Lipinski definition) is 2. The molecular weight excluding hydrogens is 270 g/mol. The number of carbonyl (C=O) groups is 1. The largest absolute Gasteiger partial charge is 0.338 e. The molecule has 0 aromatic heterocycles. The molecule has 0 spiro atoms. The monoisotopic (exact) mass is 281 g/mol. The van der Waals surface area contributed by atoms with Gasteiger partial charge in [0.05, 0.1) is 0 Å². The van der Waals surface area contributed by atoms with E-state index in [2.05, 4.69) is 31.6 Å². The number of rotatable bonds is 1. The standard InChI is InChI=1S/C11H12BrN3O/c1-11(7-3-5-8(12)6-4-7)9(16)14-10(13-2)15-11/h3-6H,1-2H3,(H2,13,14,15,16). The third-order valence-corrected chi connectivity index (χ3v) is 3.23. The molecule has 1 aliphatic heterocycles. The quantitative estimate of drug-likeness (QED) is 0.817. The zero-order chi connectivity index (χ0) is 11.8. The van der Waals surface area contributed by atoms with E-state index in [0.29, 0.717) is 5.96 Å². The first-order valence-corrected chi connectivity index (χ1v) is 5.68. The van der Waals surface area contributed by atoms with Gasteiger partial charge in [0, 0.05) is 11.5 Å². The van der Waals surface area contributed by atoms with Crippen molar-refractivity contribution in [3.63, 3.8) is 0 Å². The Balaban J connectivity index is 2.39. The first kappa shape index (κ1) is 11.1. The Morgan fingerprint density at radius 2 is 1.94 bits per heavy atom. The van der Waals surface area contributed by atoms with Crippen molar-refractivity contribution in [2.45, 2.75) is 12.5 Å². The molecule has 0 bridgehead atoms. The number of guanidine groups is 1. The summed E-state index contributed by atoms with van der Waals surface area (Å²) in [6.45, 7) is 1.84. The van der Waals surface area contributed by atoms with Crippen molar-refractivity contribution < 1.29 is 4.79 Å². The summed E-state index contributed by atoms with van der Waals surface area (Å²) in [5, 5.41) is 5.77. The average Bonchev–Trinajstić information content (AvgIpc) is 2.57. The first-order chi connectivity index (χ1) is 7.56. The lowest BCUT2D eigenvalue weighted by Crippen LogP contribution is -2.40. The molecule has 84 valence electrons. The Labute approximate surface area is 102 Å². The lowest BCUT2D eigenvalue weighted by Gasteiger charge is -2.21. The van der Waals surface area contributed by atoms with Gasteiger partial charge < -0.3 is 5.32 Å². The number of hydrogen-bond acceptors (Lipinski definition) is 2. The Bertz CT molecular complexity index is 455. The van der Waals surface area contributed by atoms with Crippen molar-refractivity contribution in [2.75, 3.05) is 7.05 Å². The van der Waals surface area contributed by atoms with Crippen LogP contribution < -0.4 is 10.6 Å². The second-order valence-corrected chi connectivity index (χ2v) is 4.70. The van der Waals surface area contributed by atoms with Gasteiger partial charge in [0.15, 0.2) is 5.96 Å². The highest BCUT2D eigenvalue weighted by Crippen LogP contribution is 2.25. The molecule has 5 heteroatoms. The normalized spacial score (nSPS) is 26.7. The lowest BCUT2D eigenvalue weighted by molar-refractivity contribution is -0.123. The van der Waals surface area contributed by atoms with Crippen LogP contribution in [0.4, 0.5) is 0 Å². The number of carbonyl (C=O) groups excluding carboxylic acids is 1. The van der Waals surface area contributed by atoms with E-state index in [-0.39, 0.29) is 5.91 Å². The summed E-state index contributed by atoms with van der Waals surface area (Å²) < 4.78 is 0.989. The van der Waals surface area contributed by atoms with Crippen molar-refractivity contribution in [2.24, 2.45) is 4.99 Å². The summed E-state index contributed by atoms with van der Waals surface area (Å²) in [7, 11) is 1.63. The van der Waals surface area contributed by atoms with Gasteiger partial charge in [-0.25, -0.2) is 0 Å². The van der Waals surface area contributed by atoms with E-state index < -0.39 is 5.54 Å². The fourth-order valence-electron chi connectivity index (χ4n) is 1.66. The first-order valence-electron chi connectivity index (χ1n) is 4.89. The molecule has 16 heavy (non-hydrogen) atoms. The van der Waals surface area contributed by atoms with Crippen LogP contribution in [0.1, 0.15) is 12.5 Å². The third-order valence-electron chi connectivity index (χ3n) is 2.70. The fraction of sp³-hybridized carbons (Fsp3) is 0.273. The molecular formula is C11H12BrN3O. The molecule has 0 saturated carbocycles. The summed E-state index contributed by atoms with van der Waals surface area (Å²) in [6.07, 6.45) is 0. The Hall–Kier alpha value is -1.36. The van der Waals surface area contributed by atoms with Crippen LogP contribution in [0.3, 0.4) is 0 Å². The molecule has 2 N–H and O–H groups in total. The number of amides is 1. The lowest BCUT2D eigenvalue weighted by atomic mass is 9.92. The number of nitrogens with zero attached hydrogens (tertiary/aromatic N) is 1. The summed E-state index contributed by atoms with van der Waals surface area (Å²) in [6, 6.07) is 7.65. The Morgan fingerprint density at radius 1 is 1.31 bits per heavy atom. The predicted molar refractivity (Wildman–Crippen MR) is 66.1 cm³/mol. The van der Waals surface area contributed by atoms with Gasteiger partial charge in [-0.1, -0.05) is 28.1 Å². The van der Waals surface area contributed by atoms with E-state index in [1.807, 2.05) is 31.2 Å². The van der Waals surface area contributed by atoms with Gasteiger partial charge in [0.25, 0.3) is 5.91 Å². The smallest absolute Gasteiger partial charge is 0.256 e. The highest BCUT2D eigenvalue weighted by atomic mass is 79.9. The van der Waals surface area contributed by atoms with E-state index in [9.17, 15) is 4.79 Å². The maximum atomic E-state index is 11.9. The Morgan fingerprint density at radius 3 is 2.44 bits per heavy atom. The van der Waals surface area contributed by atoms with Crippen LogP contribution in [0, 0.1) is 0 Å². The molecule has 1 saturated heterocycles. The van der Waals surface area contributed by atoms with Gasteiger partial charge in [-0.3, -0.25) is 15.1 Å². The molecule has 0 radical (unpaired) electrons. The van der Waals surface area contributed by atoms with Crippen molar-refractivity contribution in [3.05, 3.63) is 34.3 Å². The zero-order valence-corrected chi connectivity index (χ0v) is 10.6. The minimum absolute atomic E-state index is 0.0876. The number of benzene rings is 1. The van der Waals surface area contributed by atoms with Crippen LogP contribution in [0.2, 0.25) is 0 Å². The van der Waals surface area contributed by atoms with Crippen LogP contribution in [0.5, 0.6) is 0 Å². The van der Waals surface area contributed by atoms with Crippen molar-refractivity contribution >= 4 is 27.8 Å². The summed E-state index contributed by atoms with van der Waals surface area (Å²) in [5.41, 5.74) is 0.169. The molecule has 1 fully saturated rings. The van der Waals surface area contributed by atoms with Crippen LogP contribution in [0.15, 0.2) is 33.7 Å². The average molecular weight is 282 g/mol. The summed E-state index contributed by atoms with van der Waals surface area (Å²) in [5.74, 6) is 0.422. The molecule has 4 nitrogen and oxygen atoms in total. The van der Waals surface area contributed by atoms with Gasteiger partial charge in [0.1, 0.15) is 5.54 Å². The van der Waals surface area contributed by atoms with Gasteiger partial charge in [-0.2, -0.15) is 0 Å². The van der Waals surface area contributed by atoms with Gasteiger partial charge in [-0.05, 0) is 24.6 Å². The summed E-state index contributed by atoms with van der Waals surface area (Å²) in [4.78, 5) is 15.8. The maximum absolute atomic E-state index is 11.9. The second kappa shape index (κ2) is 3.90. The number of aliphatic imine (C=N–C) groups is 1. The molecule has 1 atom stereocenters. The van der Waals surface area contributed by atoms with Gasteiger partial charge in [-0.15, -0.1) is 0 Å². The number of nitrogens with one attached hydrogen (secondary N) is 2. The van der Waals surface area contributed by atoms with E-state index in [0.717, 1.165) is 10.0 Å². The molecule has 1 heterocycles. The third kappa shape index (κ3) is 1.71. The minimum atomic E-state index is -0.741. The molecule has 1 aromatic carbocycles. The number of halogens is 1. The van der Waals surface area contributed by atoms with Crippen LogP contribution in [0.25, 0.3) is 0 Å². The topological polar surface area (TPSA) is 53.5 Å². The predicted octanol–water partition coefficient (Wildman–Crippen LogP) is 1.37. The van der Waals surface area contributed by atoms with Crippen LogP contribution in [-0.4, -0.2) is 18.9 Å². The molecule has 2 rings (SSSR count). The molecule has 1 aliphatic rings. The van der Waals surface area contributed by atoms with Gasteiger partial charge >= 0.3 is 0 Å². The molecule has 1 aromatic rings. The minimum Gasteiger partial charge on any atom is -0.338 e. The highest BCUT2D eigenvalue weighted by Gasteiger charge is 2.41. The maximum Gasteiger partial charge on any atom is 0.256 e. The van der Waals surface area contributed by atoms with Crippen molar-refractivity contribution in [1.82, 2.24) is 10.6 Å². The Kier molecular flexibility index (Phi) is 2.71. The van der Waals surface area contributed by atoms with E-state index in [1.54, 1.807) is 7.05 Å². The van der Waals surface area contributed by atoms with Crippen LogP contribution >= 0.6 is 15.9 Å². The second-order valence-electron chi connectivity index (χ2n) is 3.78. The van der Waals surface area contributed by atoms with E-state index in [1.165, 1.54) is 0 Å². The van der Waals surface area contributed by atoms with Crippen molar-refractivity contribution in [1.29, 1.82) is 0 Å². The molecule has 1 amide bonds. The van der Waals surface area contributed by atoms with Crippen LogP contribution in [-0.2, 0) is 10.3 Å².